The van der Waals surface area contributed by atoms with Crippen molar-refractivity contribution in [2.75, 3.05) is 0 Å². The fourth-order valence-corrected chi connectivity index (χ4v) is 1.75. The van der Waals surface area contributed by atoms with E-state index in [1.54, 1.807) is 48.5 Å². The predicted octanol–water partition coefficient (Wildman–Crippen LogP) is 2.57. The van der Waals surface area contributed by atoms with E-state index in [1.807, 2.05) is 0 Å². The summed E-state index contributed by atoms with van der Waals surface area (Å²) in [5.41, 5.74) is 11.5. The quantitative estimate of drug-likeness (QED) is 0.391. The van der Waals surface area contributed by atoms with Crippen LogP contribution in [0.3, 0.4) is 0 Å². The normalized spacial score (nSPS) is 9.85. The summed E-state index contributed by atoms with van der Waals surface area (Å²) in [6, 6.07) is 13.5. The van der Waals surface area contributed by atoms with Crippen molar-refractivity contribution in [3.05, 3.63) is 58.6 Å². The largest absolute Gasteiger partial charge is 0.423 e. The van der Waals surface area contributed by atoms with Crippen molar-refractivity contribution < 1.29 is 9.53 Å². The Hall–Kier alpha value is -2.34. The van der Waals surface area contributed by atoms with Crippen LogP contribution in [-0.2, 0) is 0 Å². The number of carbonyl (C=O) groups excluding carboxylic acids is 1. The molecule has 0 bridgehead atoms. The standard InChI is InChI=1S/C14H12BrN3O2/c15-10-3-7-12(8-4-10)20-13(19)9-1-5-11(6-2-9)18-14(16)17/h1-8H,(H4,16,17,18). The van der Waals surface area contributed by atoms with Crippen LogP contribution in [0.5, 0.6) is 5.75 Å². The first kappa shape index (κ1) is 14.1. The number of ether oxygens (including phenoxy) is 1. The summed E-state index contributed by atoms with van der Waals surface area (Å²) < 4.78 is 6.15. The first-order valence-electron chi connectivity index (χ1n) is 5.72. The molecule has 0 spiro atoms. The minimum absolute atomic E-state index is 0.0322. The van der Waals surface area contributed by atoms with E-state index in [1.165, 1.54) is 0 Å². The smallest absolute Gasteiger partial charge is 0.343 e. The minimum atomic E-state index is -0.441. The fraction of sp³-hybridized carbons (Fsp3) is 0. The van der Waals surface area contributed by atoms with Crippen LogP contribution in [0.15, 0.2) is 58.0 Å². The van der Waals surface area contributed by atoms with Gasteiger partial charge >= 0.3 is 5.97 Å². The molecule has 0 heterocycles. The molecule has 0 aliphatic heterocycles. The maximum atomic E-state index is 11.9. The van der Waals surface area contributed by atoms with Gasteiger partial charge in [0.05, 0.1) is 11.3 Å². The Kier molecular flexibility index (Phi) is 4.37. The lowest BCUT2D eigenvalue weighted by molar-refractivity contribution is 0.0735. The molecule has 0 radical (unpaired) electrons. The molecule has 2 aromatic carbocycles. The third-order valence-corrected chi connectivity index (χ3v) is 2.91. The summed E-state index contributed by atoms with van der Waals surface area (Å²) in [6.07, 6.45) is 0. The van der Waals surface area contributed by atoms with Gasteiger partial charge in [-0.2, -0.15) is 0 Å². The van der Waals surface area contributed by atoms with Crippen LogP contribution in [0.1, 0.15) is 10.4 Å². The van der Waals surface area contributed by atoms with E-state index in [4.69, 9.17) is 16.2 Å². The SMILES string of the molecule is NC(N)=Nc1ccc(C(=O)Oc2ccc(Br)cc2)cc1. The molecule has 4 N–H and O–H groups in total. The van der Waals surface area contributed by atoms with Crippen LogP contribution in [0.25, 0.3) is 0 Å². The first-order valence-corrected chi connectivity index (χ1v) is 6.51. The Morgan fingerprint density at radius 1 is 1.00 bits per heavy atom. The molecule has 0 aliphatic rings. The number of benzene rings is 2. The van der Waals surface area contributed by atoms with Gasteiger partial charge in [0.15, 0.2) is 5.96 Å². The lowest BCUT2D eigenvalue weighted by Gasteiger charge is -2.04. The molecule has 0 aromatic heterocycles. The summed E-state index contributed by atoms with van der Waals surface area (Å²) in [7, 11) is 0. The highest BCUT2D eigenvalue weighted by atomic mass is 79.9. The topological polar surface area (TPSA) is 90.7 Å². The molecular formula is C14H12BrN3O2. The van der Waals surface area contributed by atoms with Gasteiger partial charge in [-0.25, -0.2) is 9.79 Å². The van der Waals surface area contributed by atoms with Crippen LogP contribution in [0.2, 0.25) is 0 Å². The Morgan fingerprint density at radius 3 is 2.15 bits per heavy atom. The summed E-state index contributed by atoms with van der Waals surface area (Å²) >= 11 is 3.31. The number of nitrogens with zero attached hydrogens (tertiary/aromatic N) is 1. The number of aliphatic imine (C=N–C) groups is 1. The predicted molar refractivity (Wildman–Crippen MR) is 81.0 cm³/mol. The van der Waals surface area contributed by atoms with Crippen LogP contribution >= 0.6 is 15.9 Å². The van der Waals surface area contributed by atoms with Crippen molar-refractivity contribution in [1.29, 1.82) is 0 Å². The Morgan fingerprint density at radius 2 is 1.60 bits per heavy atom. The van der Waals surface area contributed by atoms with Crippen molar-refractivity contribution in [3.8, 4) is 5.75 Å². The van der Waals surface area contributed by atoms with Crippen molar-refractivity contribution in [2.45, 2.75) is 0 Å². The molecule has 0 unspecified atom stereocenters. The van der Waals surface area contributed by atoms with Crippen molar-refractivity contribution in [3.63, 3.8) is 0 Å². The molecule has 0 amide bonds. The van der Waals surface area contributed by atoms with Gasteiger partial charge in [-0.1, -0.05) is 15.9 Å². The van der Waals surface area contributed by atoms with E-state index in [0.717, 1.165) is 4.47 Å². The van der Waals surface area contributed by atoms with Gasteiger partial charge in [-0.05, 0) is 48.5 Å². The van der Waals surface area contributed by atoms with E-state index in [9.17, 15) is 4.79 Å². The maximum Gasteiger partial charge on any atom is 0.343 e. The highest BCUT2D eigenvalue weighted by Crippen LogP contribution is 2.18. The van der Waals surface area contributed by atoms with Gasteiger partial charge in [0.1, 0.15) is 5.75 Å². The molecule has 2 rings (SSSR count). The molecule has 102 valence electrons. The van der Waals surface area contributed by atoms with Gasteiger partial charge in [-0.15, -0.1) is 0 Å². The monoisotopic (exact) mass is 333 g/mol. The second kappa shape index (κ2) is 6.21. The average Bonchev–Trinajstić information content (AvgIpc) is 2.41. The van der Waals surface area contributed by atoms with E-state index in [2.05, 4.69) is 20.9 Å². The number of halogens is 1. The van der Waals surface area contributed by atoms with Crippen LogP contribution in [-0.4, -0.2) is 11.9 Å². The Bertz CT molecular complexity index is 632. The number of nitrogens with two attached hydrogens (primary N) is 2. The summed E-state index contributed by atoms with van der Waals surface area (Å²) in [5, 5.41) is 0. The van der Waals surface area contributed by atoms with Crippen molar-refractivity contribution in [2.24, 2.45) is 16.5 Å². The zero-order chi connectivity index (χ0) is 14.5. The highest BCUT2D eigenvalue weighted by Gasteiger charge is 2.08. The molecule has 20 heavy (non-hydrogen) atoms. The van der Waals surface area contributed by atoms with E-state index in [0.29, 0.717) is 17.0 Å². The Labute approximate surface area is 124 Å². The fourth-order valence-electron chi connectivity index (χ4n) is 1.49. The second-order valence-electron chi connectivity index (χ2n) is 3.93. The molecule has 6 heteroatoms. The van der Waals surface area contributed by atoms with E-state index < -0.39 is 5.97 Å². The molecule has 0 saturated heterocycles. The lowest BCUT2D eigenvalue weighted by Crippen LogP contribution is -2.21. The molecule has 0 atom stereocenters. The molecule has 0 saturated carbocycles. The van der Waals surface area contributed by atoms with Crippen molar-refractivity contribution in [1.82, 2.24) is 0 Å². The van der Waals surface area contributed by atoms with Crippen LogP contribution < -0.4 is 16.2 Å². The van der Waals surface area contributed by atoms with Gasteiger partial charge in [-0.3, -0.25) is 0 Å². The van der Waals surface area contributed by atoms with Gasteiger partial charge in [0.25, 0.3) is 0 Å². The highest BCUT2D eigenvalue weighted by molar-refractivity contribution is 9.10. The first-order chi connectivity index (χ1) is 9.54. The number of hydrogen-bond donors (Lipinski definition) is 2. The third kappa shape index (κ3) is 3.83. The molecule has 2 aromatic rings. The van der Waals surface area contributed by atoms with Crippen LogP contribution in [0.4, 0.5) is 5.69 Å². The molecule has 5 nitrogen and oxygen atoms in total. The van der Waals surface area contributed by atoms with Gasteiger partial charge in [0, 0.05) is 4.47 Å². The summed E-state index contributed by atoms with van der Waals surface area (Å²) in [6.45, 7) is 0. The summed E-state index contributed by atoms with van der Waals surface area (Å²) in [4.78, 5) is 15.8. The molecule has 0 fully saturated rings. The van der Waals surface area contributed by atoms with Crippen LogP contribution in [0, 0.1) is 0 Å². The van der Waals surface area contributed by atoms with E-state index >= 15 is 0 Å². The number of carbonyl (C=O) groups is 1. The maximum absolute atomic E-state index is 11.9. The lowest BCUT2D eigenvalue weighted by atomic mass is 10.2. The van der Waals surface area contributed by atoms with E-state index in [-0.39, 0.29) is 5.96 Å². The zero-order valence-corrected chi connectivity index (χ0v) is 12.0. The third-order valence-electron chi connectivity index (χ3n) is 2.39. The number of rotatable bonds is 3. The van der Waals surface area contributed by atoms with Crippen molar-refractivity contribution >= 4 is 33.5 Å². The zero-order valence-electron chi connectivity index (χ0n) is 10.4. The van der Waals surface area contributed by atoms with Gasteiger partial charge < -0.3 is 16.2 Å². The Balaban J connectivity index is 2.09. The van der Waals surface area contributed by atoms with Gasteiger partial charge in [0.2, 0.25) is 0 Å². The molecular weight excluding hydrogens is 322 g/mol. The minimum Gasteiger partial charge on any atom is -0.423 e. The summed E-state index contributed by atoms with van der Waals surface area (Å²) in [5.74, 6) is 0.00487. The number of hydrogen-bond acceptors (Lipinski definition) is 3. The molecule has 0 aliphatic carbocycles. The second-order valence-corrected chi connectivity index (χ2v) is 4.84. The number of esters is 1. The average molecular weight is 334 g/mol. The number of guanidine groups is 1.